The average molecular weight is 377 g/mol. The van der Waals surface area contributed by atoms with Crippen molar-refractivity contribution < 1.29 is 23.9 Å². The maximum absolute atomic E-state index is 12.4. The Labute approximate surface area is 159 Å². The van der Waals surface area contributed by atoms with Gasteiger partial charge in [-0.25, -0.2) is 9.59 Å². The van der Waals surface area contributed by atoms with Crippen molar-refractivity contribution in [2.45, 2.75) is 46.8 Å². The molecule has 3 N–H and O–H groups in total. The van der Waals surface area contributed by atoms with E-state index in [0.29, 0.717) is 12.1 Å². The van der Waals surface area contributed by atoms with Gasteiger partial charge in [0.2, 0.25) is 0 Å². The molecule has 0 saturated carbocycles. The number of nitrogens with one attached hydrogen (secondary N) is 3. The van der Waals surface area contributed by atoms with Crippen LogP contribution in [-0.4, -0.2) is 42.5 Å². The highest BCUT2D eigenvalue weighted by atomic mass is 16.5. The molecule has 8 nitrogen and oxygen atoms in total. The van der Waals surface area contributed by atoms with E-state index in [4.69, 9.17) is 4.74 Å². The van der Waals surface area contributed by atoms with Gasteiger partial charge in [-0.05, 0) is 38.8 Å². The quantitative estimate of drug-likeness (QED) is 0.624. The first-order chi connectivity index (χ1) is 12.6. The van der Waals surface area contributed by atoms with Crippen molar-refractivity contribution in [2.24, 2.45) is 5.92 Å². The molecule has 2 atom stereocenters. The summed E-state index contributed by atoms with van der Waals surface area (Å²) >= 11 is 0. The Bertz CT molecular complexity index is 685. The number of amides is 4. The molecule has 0 aliphatic carbocycles. The number of carbonyl (C=O) groups is 4. The molecule has 0 aliphatic heterocycles. The number of aryl methyl sites for hydroxylation is 1. The Kier molecular flexibility index (Phi) is 8.44. The lowest BCUT2D eigenvalue weighted by Gasteiger charge is -2.23. The predicted molar refractivity (Wildman–Crippen MR) is 100 cm³/mol. The van der Waals surface area contributed by atoms with Crippen LogP contribution in [0, 0.1) is 12.8 Å². The minimum Gasteiger partial charge on any atom is -0.451 e. The molecule has 8 heteroatoms. The molecule has 0 aromatic heterocycles. The molecule has 1 aromatic carbocycles. The van der Waals surface area contributed by atoms with Gasteiger partial charge < -0.3 is 15.4 Å². The molecule has 148 valence electrons. The van der Waals surface area contributed by atoms with E-state index >= 15 is 0 Å². The standard InChI is InChI=1S/C19H27N3O5/c1-6-20-19(26)22-16(23)13(5)27-18(25)15(11(2)3)21-17(24)14-9-7-12(4)8-10-14/h7-11,13,15H,6H2,1-5H3,(H,21,24)(H2,20,22,23,26)/t13-,15+/m0/s1. The fraction of sp³-hybridized carbons (Fsp3) is 0.474. The largest absolute Gasteiger partial charge is 0.451 e. The zero-order valence-corrected chi connectivity index (χ0v) is 16.3. The van der Waals surface area contributed by atoms with E-state index in [1.54, 1.807) is 45.0 Å². The molecular formula is C19H27N3O5. The monoisotopic (exact) mass is 377 g/mol. The van der Waals surface area contributed by atoms with E-state index in [1.165, 1.54) is 6.92 Å². The summed E-state index contributed by atoms with van der Waals surface area (Å²) < 4.78 is 5.12. The van der Waals surface area contributed by atoms with E-state index in [-0.39, 0.29) is 5.92 Å². The fourth-order valence-corrected chi connectivity index (χ4v) is 2.15. The molecule has 1 aromatic rings. The van der Waals surface area contributed by atoms with Gasteiger partial charge in [0.15, 0.2) is 6.10 Å². The van der Waals surface area contributed by atoms with Crippen molar-refractivity contribution >= 4 is 23.8 Å². The lowest BCUT2D eigenvalue weighted by atomic mass is 10.0. The van der Waals surface area contributed by atoms with Crippen LogP contribution in [-0.2, 0) is 14.3 Å². The molecule has 27 heavy (non-hydrogen) atoms. The van der Waals surface area contributed by atoms with Crippen molar-refractivity contribution in [3.63, 3.8) is 0 Å². The molecule has 0 heterocycles. The molecule has 4 amide bonds. The van der Waals surface area contributed by atoms with E-state index in [1.807, 2.05) is 6.92 Å². The van der Waals surface area contributed by atoms with Crippen LogP contribution in [0.1, 0.15) is 43.6 Å². The maximum Gasteiger partial charge on any atom is 0.329 e. The number of benzene rings is 1. The summed E-state index contributed by atoms with van der Waals surface area (Å²) in [6.45, 7) is 8.82. The van der Waals surface area contributed by atoms with Crippen molar-refractivity contribution in [3.8, 4) is 0 Å². The van der Waals surface area contributed by atoms with Gasteiger partial charge >= 0.3 is 12.0 Å². The van der Waals surface area contributed by atoms with Crippen LogP contribution in [0.25, 0.3) is 0 Å². The number of carbonyl (C=O) groups excluding carboxylic acids is 4. The summed E-state index contributed by atoms with van der Waals surface area (Å²) in [7, 11) is 0. The third-order valence-corrected chi connectivity index (χ3v) is 3.76. The first-order valence-electron chi connectivity index (χ1n) is 8.82. The van der Waals surface area contributed by atoms with Crippen molar-refractivity contribution in [3.05, 3.63) is 35.4 Å². The lowest BCUT2D eigenvalue weighted by molar-refractivity contribution is -0.157. The van der Waals surface area contributed by atoms with Gasteiger partial charge in [0, 0.05) is 12.1 Å². The summed E-state index contributed by atoms with van der Waals surface area (Å²) in [4.78, 5) is 48.0. The van der Waals surface area contributed by atoms with Crippen molar-refractivity contribution in [1.29, 1.82) is 0 Å². The summed E-state index contributed by atoms with van der Waals surface area (Å²) in [6, 6.07) is 5.32. The Morgan fingerprint density at radius 3 is 2.15 bits per heavy atom. The minimum atomic E-state index is -1.18. The van der Waals surface area contributed by atoms with Gasteiger partial charge in [0.1, 0.15) is 6.04 Å². The van der Waals surface area contributed by atoms with Crippen molar-refractivity contribution in [1.82, 2.24) is 16.0 Å². The molecule has 0 saturated heterocycles. The molecular weight excluding hydrogens is 350 g/mol. The highest BCUT2D eigenvalue weighted by Gasteiger charge is 2.29. The first kappa shape index (κ1) is 22.1. The van der Waals surface area contributed by atoms with Crippen LogP contribution in [0.2, 0.25) is 0 Å². The van der Waals surface area contributed by atoms with Crippen molar-refractivity contribution in [2.75, 3.05) is 6.54 Å². The molecule has 0 fully saturated rings. The maximum atomic E-state index is 12.4. The van der Waals surface area contributed by atoms with Gasteiger partial charge in [-0.3, -0.25) is 14.9 Å². The molecule has 0 unspecified atom stereocenters. The number of hydrogen-bond donors (Lipinski definition) is 3. The van der Waals surface area contributed by atoms with Gasteiger partial charge in [0.25, 0.3) is 11.8 Å². The number of ether oxygens (including phenoxy) is 1. The summed E-state index contributed by atoms with van der Waals surface area (Å²) in [5.74, 6) is -2.17. The van der Waals surface area contributed by atoms with Crippen LogP contribution in [0.4, 0.5) is 4.79 Å². The van der Waals surface area contributed by atoms with E-state index in [0.717, 1.165) is 5.56 Å². The Hall–Kier alpha value is -2.90. The average Bonchev–Trinajstić information content (AvgIpc) is 2.59. The van der Waals surface area contributed by atoms with Crippen LogP contribution < -0.4 is 16.0 Å². The second kappa shape index (κ2) is 10.3. The first-order valence-corrected chi connectivity index (χ1v) is 8.82. The molecule has 1 rings (SSSR count). The predicted octanol–water partition coefficient (Wildman–Crippen LogP) is 1.53. The normalized spacial score (nSPS) is 12.7. The van der Waals surface area contributed by atoms with Crippen LogP contribution in [0.3, 0.4) is 0 Å². The molecule has 0 spiro atoms. The molecule has 0 aliphatic rings. The van der Waals surface area contributed by atoms with Gasteiger partial charge in [0.05, 0.1) is 0 Å². The van der Waals surface area contributed by atoms with Crippen LogP contribution >= 0.6 is 0 Å². The number of esters is 1. The Morgan fingerprint density at radius 2 is 1.63 bits per heavy atom. The van der Waals surface area contributed by atoms with Gasteiger partial charge in [-0.15, -0.1) is 0 Å². The molecule has 0 bridgehead atoms. The summed E-state index contributed by atoms with van der Waals surface area (Å²) in [5.41, 5.74) is 1.43. The number of imide groups is 1. The second-order valence-corrected chi connectivity index (χ2v) is 6.49. The highest BCUT2D eigenvalue weighted by molar-refractivity contribution is 5.98. The molecule has 0 radical (unpaired) electrons. The van der Waals surface area contributed by atoms with Crippen LogP contribution in [0.15, 0.2) is 24.3 Å². The zero-order chi connectivity index (χ0) is 20.6. The van der Waals surface area contributed by atoms with Crippen LogP contribution in [0.5, 0.6) is 0 Å². The number of rotatable bonds is 7. The third-order valence-electron chi connectivity index (χ3n) is 3.76. The van der Waals surface area contributed by atoms with E-state index in [2.05, 4.69) is 16.0 Å². The van der Waals surface area contributed by atoms with Gasteiger partial charge in [-0.1, -0.05) is 31.5 Å². The van der Waals surface area contributed by atoms with E-state index < -0.39 is 36.0 Å². The fourth-order valence-electron chi connectivity index (χ4n) is 2.15. The third kappa shape index (κ3) is 7.08. The second-order valence-electron chi connectivity index (χ2n) is 6.49. The topological polar surface area (TPSA) is 114 Å². The lowest BCUT2D eigenvalue weighted by Crippen LogP contribution is -2.49. The summed E-state index contributed by atoms with van der Waals surface area (Å²) in [5, 5.41) is 7.11. The van der Waals surface area contributed by atoms with Gasteiger partial charge in [-0.2, -0.15) is 0 Å². The summed E-state index contributed by atoms with van der Waals surface area (Å²) in [6.07, 6.45) is -1.18. The number of hydrogen-bond acceptors (Lipinski definition) is 5. The highest BCUT2D eigenvalue weighted by Crippen LogP contribution is 2.09. The number of urea groups is 1. The minimum absolute atomic E-state index is 0.259. The zero-order valence-electron chi connectivity index (χ0n) is 16.3. The van der Waals surface area contributed by atoms with E-state index in [9.17, 15) is 19.2 Å². The SMILES string of the molecule is CCNC(=O)NC(=O)[C@H](C)OC(=O)[C@H](NC(=O)c1ccc(C)cc1)C(C)C. The smallest absolute Gasteiger partial charge is 0.329 e. The Balaban J connectivity index is 2.72. The Morgan fingerprint density at radius 1 is 1.04 bits per heavy atom.